The molecule has 1 heterocycles. The summed E-state index contributed by atoms with van der Waals surface area (Å²) in [6.07, 6.45) is 0. The van der Waals surface area contributed by atoms with Gasteiger partial charge in [0.1, 0.15) is 0 Å². The molecule has 0 spiro atoms. The van der Waals surface area contributed by atoms with Crippen LogP contribution in [0.25, 0.3) is 11.0 Å². The first-order valence-electron chi connectivity index (χ1n) is 5.71. The molecule has 1 aromatic carbocycles. The zero-order valence-electron chi connectivity index (χ0n) is 10.3. The highest BCUT2D eigenvalue weighted by Gasteiger charge is 2.14. The molecule has 94 valence electrons. The van der Waals surface area contributed by atoms with Crippen molar-refractivity contribution in [2.24, 2.45) is 0 Å². The third-order valence-corrected chi connectivity index (χ3v) is 2.55. The van der Waals surface area contributed by atoms with E-state index in [0.717, 1.165) is 5.56 Å². The van der Waals surface area contributed by atoms with Gasteiger partial charge in [-0.15, -0.1) is 0 Å². The number of fused-ring (bicyclic) bond motifs is 1. The van der Waals surface area contributed by atoms with E-state index in [2.05, 4.69) is 9.97 Å². The number of benzene rings is 1. The fourth-order valence-corrected chi connectivity index (χ4v) is 1.68. The SMILES string of the molecule is CCOC(=O)c1nc2ccc(CO)cc2nc1C. The maximum absolute atomic E-state index is 11.7. The van der Waals surface area contributed by atoms with Crippen molar-refractivity contribution >= 4 is 17.0 Å². The van der Waals surface area contributed by atoms with Crippen LogP contribution in [0.4, 0.5) is 0 Å². The number of carbonyl (C=O) groups is 1. The fraction of sp³-hybridized carbons (Fsp3) is 0.308. The standard InChI is InChI=1S/C13H14N2O3/c1-3-18-13(17)12-8(2)14-11-6-9(7-16)4-5-10(11)15-12/h4-6,16H,3,7H2,1-2H3. The summed E-state index contributed by atoms with van der Waals surface area (Å²) in [5.41, 5.74) is 2.80. The van der Waals surface area contributed by atoms with E-state index >= 15 is 0 Å². The van der Waals surface area contributed by atoms with Crippen LogP contribution in [-0.2, 0) is 11.3 Å². The Bertz CT molecular complexity index is 596. The number of hydrogen-bond donors (Lipinski definition) is 1. The summed E-state index contributed by atoms with van der Waals surface area (Å²) in [5.74, 6) is -0.462. The number of rotatable bonds is 3. The van der Waals surface area contributed by atoms with Crippen molar-refractivity contribution in [2.75, 3.05) is 6.61 Å². The molecule has 0 aliphatic carbocycles. The summed E-state index contributed by atoms with van der Waals surface area (Å²) in [6.45, 7) is 3.72. The summed E-state index contributed by atoms with van der Waals surface area (Å²) >= 11 is 0. The van der Waals surface area contributed by atoms with Gasteiger partial charge in [-0.2, -0.15) is 0 Å². The maximum Gasteiger partial charge on any atom is 0.358 e. The minimum atomic E-state index is -0.462. The second-order valence-electron chi connectivity index (χ2n) is 3.86. The topological polar surface area (TPSA) is 72.3 Å². The maximum atomic E-state index is 11.7. The molecule has 2 rings (SSSR count). The summed E-state index contributed by atoms with van der Waals surface area (Å²) in [5, 5.41) is 9.06. The van der Waals surface area contributed by atoms with Crippen LogP contribution in [0.15, 0.2) is 18.2 Å². The molecule has 0 aliphatic heterocycles. The van der Waals surface area contributed by atoms with Gasteiger partial charge in [0, 0.05) is 0 Å². The molecule has 0 unspecified atom stereocenters. The number of aliphatic hydroxyl groups is 1. The lowest BCUT2D eigenvalue weighted by Gasteiger charge is -2.06. The van der Waals surface area contributed by atoms with E-state index in [-0.39, 0.29) is 12.3 Å². The van der Waals surface area contributed by atoms with Gasteiger partial charge in [-0.05, 0) is 31.5 Å². The number of aliphatic hydroxyl groups excluding tert-OH is 1. The first kappa shape index (κ1) is 12.4. The largest absolute Gasteiger partial charge is 0.461 e. The first-order valence-corrected chi connectivity index (χ1v) is 5.71. The lowest BCUT2D eigenvalue weighted by atomic mass is 10.2. The zero-order valence-corrected chi connectivity index (χ0v) is 10.3. The second-order valence-corrected chi connectivity index (χ2v) is 3.86. The predicted octanol–water partition coefficient (Wildman–Crippen LogP) is 1.61. The average molecular weight is 246 g/mol. The van der Waals surface area contributed by atoms with Gasteiger partial charge in [-0.1, -0.05) is 6.07 Å². The van der Waals surface area contributed by atoms with E-state index in [1.54, 1.807) is 32.0 Å². The molecule has 0 radical (unpaired) electrons. The third kappa shape index (κ3) is 2.31. The Kier molecular flexibility index (Phi) is 3.53. The third-order valence-electron chi connectivity index (χ3n) is 2.55. The van der Waals surface area contributed by atoms with Crippen LogP contribution >= 0.6 is 0 Å². The van der Waals surface area contributed by atoms with E-state index in [1.165, 1.54) is 0 Å². The summed E-state index contributed by atoms with van der Waals surface area (Å²) in [4.78, 5) is 20.2. The minimum Gasteiger partial charge on any atom is -0.461 e. The van der Waals surface area contributed by atoms with Crippen LogP contribution in [0, 0.1) is 6.92 Å². The first-order chi connectivity index (χ1) is 8.65. The number of aryl methyl sites for hydroxylation is 1. The molecule has 2 aromatic rings. The molecule has 5 heteroatoms. The van der Waals surface area contributed by atoms with Gasteiger partial charge in [0.15, 0.2) is 5.69 Å². The smallest absolute Gasteiger partial charge is 0.358 e. The van der Waals surface area contributed by atoms with E-state index < -0.39 is 5.97 Å². The Balaban J connectivity index is 2.52. The van der Waals surface area contributed by atoms with Gasteiger partial charge >= 0.3 is 5.97 Å². The Labute approximate surface area is 104 Å². The van der Waals surface area contributed by atoms with Crippen LogP contribution < -0.4 is 0 Å². The lowest BCUT2D eigenvalue weighted by Crippen LogP contribution is -2.10. The average Bonchev–Trinajstić information content (AvgIpc) is 2.37. The van der Waals surface area contributed by atoms with Crippen LogP contribution in [0.1, 0.15) is 28.7 Å². The molecule has 1 N–H and O–H groups in total. The van der Waals surface area contributed by atoms with Crippen molar-refractivity contribution in [3.8, 4) is 0 Å². The molecule has 5 nitrogen and oxygen atoms in total. The van der Waals surface area contributed by atoms with Crippen LogP contribution in [-0.4, -0.2) is 27.7 Å². The van der Waals surface area contributed by atoms with Gasteiger partial charge in [0.05, 0.1) is 29.9 Å². The van der Waals surface area contributed by atoms with Gasteiger partial charge in [0.2, 0.25) is 0 Å². The van der Waals surface area contributed by atoms with Crippen molar-refractivity contribution in [2.45, 2.75) is 20.5 Å². The Morgan fingerprint density at radius 1 is 1.33 bits per heavy atom. The van der Waals surface area contributed by atoms with Crippen LogP contribution in [0.3, 0.4) is 0 Å². The molecule has 0 fully saturated rings. The van der Waals surface area contributed by atoms with Gasteiger partial charge in [-0.25, -0.2) is 14.8 Å². The highest BCUT2D eigenvalue weighted by molar-refractivity contribution is 5.91. The molecule has 0 aliphatic rings. The normalized spacial score (nSPS) is 10.6. The van der Waals surface area contributed by atoms with Gasteiger partial charge in [-0.3, -0.25) is 0 Å². The molecule has 0 saturated heterocycles. The van der Waals surface area contributed by atoms with Gasteiger partial charge < -0.3 is 9.84 Å². The van der Waals surface area contributed by atoms with Crippen molar-refractivity contribution in [3.05, 3.63) is 35.2 Å². The van der Waals surface area contributed by atoms with Crippen LogP contribution in [0.5, 0.6) is 0 Å². The monoisotopic (exact) mass is 246 g/mol. The number of nitrogens with zero attached hydrogens (tertiary/aromatic N) is 2. The molecule has 1 aromatic heterocycles. The zero-order chi connectivity index (χ0) is 13.1. The van der Waals surface area contributed by atoms with E-state index in [0.29, 0.717) is 23.3 Å². The van der Waals surface area contributed by atoms with Crippen molar-refractivity contribution in [3.63, 3.8) is 0 Å². The molecule has 18 heavy (non-hydrogen) atoms. The number of ether oxygens (including phenoxy) is 1. The molecular formula is C13H14N2O3. The minimum absolute atomic E-state index is 0.0453. The molecule has 0 saturated carbocycles. The Hall–Kier alpha value is -2.01. The highest BCUT2D eigenvalue weighted by atomic mass is 16.5. The Morgan fingerprint density at radius 2 is 2.11 bits per heavy atom. The fourth-order valence-electron chi connectivity index (χ4n) is 1.68. The molecule has 0 atom stereocenters. The Morgan fingerprint density at radius 3 is 2.78 bits per heavy atom. The van der Waals surface area contributed by atoms with Crippen molar-refractivity contribution in [1.29, 1.82) is 0 Å². The summed E-state index contributed by atoms with van der Waals surface area (Å²) < 4.78 is 4.92. The summed E-state index contributed by atoms with van der Waals surface area (Å²) in [6, 6.07) is 5.24. The quantitative estimate of drug-likeness (QED) is 0.833. The van der Waals surface area contributed by atoms with Gasteiger partial charge in [0.25, 0.3) is 0 Å². The van der Waals surface area contributed by atoms with E-state index in [9.17, 15) is 4.79 Å². The number of carbonyl (C=O) groups excluding carboxylic acids is 1. The van der Waals surface area contributed by atoms with Crippen molar-refractivity contribution in [1.82, 2.24) is 9.97 Å². The molecule has 0 amide bonds. The number of esters is 1. The van der Waals surface area contributed by atoms with Crippen molar-refractivity contribution < 1.29 is 14.6 Å². The van der Waals surface area contributed by atoms with E-state index in [1.807, 2.05) is 0 Å². The molecule has 0 bridgehead atoms. The second kappa shape index (κ2) is 5.10. The van der Waals surface area contributed by atoms with E-state index in [4.69, 9.17) is 9.84 Å². The number of hydrogen-bond acceptors (Lipinski definition) is 5. The predicted molar refractivity (Wildman–Crippen MR) is 66.2 cm³/mol. The number of aromatic nitrogens is 2. The van der Waals surface area contributed by atoms with Crippen LogP contribution in [0.2, 0.25) is 0 Å². The lowest BCUT2D eigenvalue weighted by molar-refractivity contribution is 0.0518. The highest BCUT2D eigenvalue weighted by Crippen LogP contribution is 2.15. The summed E-state index contributed by atoms with van der Waals surface area (Å²) in [7, 11) is 0. The molecular weight excluding hydrogens is 232 g/mol.